The summed E-state index contributed by atoms with van der Waals surface area (Å²) in [4.78, 5) is 29.8. The summed E-state index contributed by atoms with van der Waals surface area (Å²) in [6.45, 7) is 1.07. The van der Waals surface area contributed by atoms with Crippen molar-refractivity contribution in [2.45, 2.75) is 30.7 Å². The van der Waals surface area contributed by atoms with Gasteiger partial charge >= 0.3 is 5.76 Å². The Morgan fingerprint density at radius 1 is 1.12 bits per heavy atom. The van der Waals surface area contributed by atoms with Crippen LogP contribution in [0.25, 0.3) is 21.3 Å². The van der Waals surface area contributed by atoms with E-state index in [-0.39, 0.29) is 29.4 Å². The monoisotopic (exact) mass is 486 g/mol. The van der Waals surface area contributed by atoms with Crippen LogP contribution in [0.5, 0.6) is 0 Å². The third-order valence-electron chi connectivity index (χ3n) is 5.83. The molecule has 5 rings (SSSR count). The minimum absolute atomic E-state index is 0.0105. The molecule has 1 saturated heterocycles. The number of fused-ring (bicyclic) bond motifs is 2. The molecule has 2 aromatic heterocycles. The molecule has 2 aromatic carbocycles. The van der Waals surface area contributed by atoms with Crippen molar-refractivity contribution in [2.24, 2.45) is 12.0 Å². The van der Waals surface area contributed by atoms with Gasteiger partial charge in [-0.1, -0.05) is 23.5 Å². The van der Waals surface area contributed by atoms with E-state index in [9.17, 15) is 18.0 Å². The summed E-state index contributed by atoms with van der Waals surface area (Å²) in [5, 5.41) is 0. The van der Waals surface area contributed by atoms with Crippen LogP contribution in [0.15, 0.2) is 61.6 Å². The van der Waals surface area contributed by atoms with E-state index in [1.807, 2.05) is 35.9 Å². The van der Waals surface area contributed by atoms with E-state index in [0.717, 1.165) is 23.1 Å². The number of aromatic nitrogens is 2. The number of thiazole rings is 1. The van der Waals surface area contributed by atoms with Crippen molar-refractivity contribution in [3.05, 3.63) is 57.8 Å². The molecule has 0 radical (unpaired) electrons. The maximum atomic E-state index is 12.8. The van der Waals surface area contributed by atoms with E-state index in [0.29, 0.717) is 23.4 Å². The molecule has 1 amide bonds. The Labute approximate surface area is 193 Å². The molecule has 11 heteroatoms. The van der Waals surface area contributed by atoms with Gasteiger partial charge in [-0.05, 0) is 37.1 Å². The van der Waals surface area contributed by atoms with Crippen LogP contribution >= 0.6 is 11.3 Å². The molecule has 4 aromatic rings. The highest BCUT2D eigenvalue weighted by molar-refractivity contribution is 7.89. The standard InChI is InChI=1S/C22H22N4O5S2/c1-24-17-6-2-3-7-19(17)32-21(24)23-20(27)10-13-26-16-9-8-15(14-18(16)31-22(26)28)33(29,30)25-11-4-5-12-25/h2-3,6-9,14H,4-5,10-13H2,1H3. The van der Waals surface area contributed by atoms with E-state index in [4.69, 9.17) is 4.42 Å². The topological polar surface area (TPSA) is 107 Å². The first-order valence-electron chi connectivity index (χ1n) is 10.6. The number of nitrogens with zero attached hydrogens (tertiary/aromatic N) is 4. The van der Waals surface area contributed by atoms with Gasteiger partial charge < -0.3 is 8.98 Å². The van der Waals surface area contributed by atoms with Crippen molar-refractivity contribution in [2.75, 3.05) is 13.1 Å². The van der Waals surface area contributed by atoms with E-state index in [2.05, 4.69) is 4.99 Å². The lowest BCUT2D eigenvalue weighted by molar-refractivity contribution is -0.118. The SMILES string of the molecule is Cn1c(=NC(=O)CCn2c(=O)oc3cc(S(=O)(=O)N4CCCC4)ccc32)sc2ccccc21. The highest BCUT2D eigenvalue weighted by Gasteiger charge is 2.28. The Morgan fingerprint density at radius 3 is 2.64 bits per heavy atom. The minimum atomic E-state index is -3.62. The molecule has 0 aliphatic carbocycles. The van der Waals surface area contributed by atoms with Crippen LogP contribution in [0.3, 0.4) is 0 Å². The number of hydrogen-bond acceptors (Lipinski definition) is 6. The molecule has 0 spiro atoms. The minimum Gasteiger partial charge on any atom is -0.408 e. The van der Waals surface area contributed by atoms with Gasteiger partial charge in [0.15, 0.2) is 10.4 Å². The number of oxazole rings is 1. The van der Waals surface area contributed by atoms with Gasteiger partial charge in [0.05, 0.1) is 20.6 Å². The van der Waals surface area contributed by atoms with E-state index in [1.54, 1.807) is 6.07 Å². The first-order chi connectivity index (χ1) is 15.8. The number of carbonyl (C=O) groups excluding carboxylic acids is 1. The van der Waals surface area contributed by atoms with Crippen LogP contribution in [0.2, 0.25) is 0 Å². The van der Waals surface area contributed by atoms with Gasteiger partial charge in [0.2, 0.25) is 15.9 Å². The van der Waals surface area contributed by atoms with Gasteiger partial charge in [0.25, 0.3) is 0 Å². The van der Waals surface area contributed by atoms with E-state index >= 15 is 0 Å². The van der Waals surface area contributed by atoms with Crippen LogP contribution in [0.1, 0.15) is 19.3 Å². The van der Waals surface area contributed by atoms with Crippen LogP contribution in [0, 0.1) is 0 Å². The molecule has 0 bridgehead atoms. The molecular formula is C22H22N4O5S2. The highest BCUT2D eigenvalue weighted by atomic mass is 32.2. The first kappa shape index (κ1) is 21.8. The van der Waals surface area contributed by atoms with Crippen molar-refractivity contribution in [1.29, 1.82) is 0 Å². The number of carbonyl (C=O) groups is 1. The summed E-state index contributed by atoms with van der Waals surface area (Å²) in [5.41, 5.74) is 1.62. The van der Waals surface area contributed by atoms with Gasteiger partial charge in [0.1, 0.15) is 0 Å². The summed E-state index contributed by atoms with van der Waals surface area (Å²) in [6.07, 6.45) is 1.69. The molecule has 3 heterocycles. The lowest BCUT2D eigenvalue weighted by Gasteiger charge is -2.15. The average Bonchev–Trinajstić information content (AvgIpc) is 3.51. The van der Waals surface area contributed by atoms with Crippen molar-refractivity contribution in [1.82, 2.24) is 13.4 Å². The number of hydrogen-bond donors (Lipinski definition) is 0. The molecule has 33 heavy (non-hydrogen) atoms. The second-order valence-corrected chi connectivity index (χ2v) is 10.9. The molecule has 1 aliphatic rings. The molecule has 1 aliphatic heterocycles. The number of amides is 1. The zero-order valence-corrected chi connectivity index (χ0v) is 19.6. The van der Waals surface area contributed by atoms with Gasteiger partial charge in [0, 0.05) is 39.2 Å². The quantitative estimate of drug-likeness (QED) is 0.431. The largest absolute Gasteiger partial charge is 0.419 e. The zero-order chi connectivity index (χ0) is 23.2. The Morgan fingerprint density at radius 2 is 1.88 bits per heavy atom. The van der Waals surface area contributed by atoms with Gasteiger partial charge in [-0.25, -0.2) is 13.2 Å². The first-order valence-corrected chi connectivity index (χ1v) is 12.9. The number of para-hydroxylation sites is 1. The summed E-state index contributed by atoms with van der Waals surface area (Å²) >= 11 is 1.42. The van der Waals surface area contributed by atoms with Crippen LogP contribution in [-0.4, -0.2) is 40.9 Å². The Hall–Kier alpha value is -3.02. The number of sulfonamides is 1. The maximum Gasteiger partial charge on any atom is 0.419 e. The predicted molar refractivity (Wildman–Crippen MR) is 124 cm³/mol. The Bertz CT molecular complexity index is 1600. The molecule has 172 valence electrons. The number of aryl methyl sites for hydroxylation is 2. The van der Waals surface area contributed by atoms with Crippen LogP contribution in [-0.2, 0) is 28.4 Å². The zero-order valence-electron chi connectivity index (χ0n) is 17.9. The third-order valence-corrected chi connectivity index (χ3v) is 8.83. The second-order valence-electron chi connectivity index (χ2n) is 7.93. The molecule has 1 fully saturated rings. The van der Waals surface area contributed by atoms with Gasteiger partial charge in [-0.15, -0.1) is 0 Å². The second kappa shape index (κ2) is 8.40. The third kappa shape index (κ3) is 3.96. The van der Waals surface area contributed by atoms with Crippen molar-refractivity contribution in [3.63, 3.8) is 0 Å². The van der Waals surface area contributed by atoms with Crippen LogP contribution in [0.4, 0.5) is 0 Å². The molecular weight excluding hydrogens is 464 g/mol. The molecule has 0 atom stereocenters. The molecule has 0 unspecified atom stereocenters. The highest BCUT2D eigenvalue weighted by Crippen LogP contribution is 2.24. The fourth-order valence-corrected chi connectivity index (χ4v) is 6.62. The van der Waals surface area contributed by atoms with E-state index < -0.39 is 15.8 Å². The van der Waals surface area contributed by atoms with E-state index in [1.165, 1.54) is 32.3 Å². The van der Waals surface area contributed by atoms with Gasteiger partial charge in [-0.3, -0.25) is 9.36 Å². The van der Waals surface area contributed by atoms with Crippen molar-refractivity contribution < 1.29 is 17.6 Å². The lowest BCUT2D eigenvalue weighted by Crippen LogP contribution is -2.27. The smallest absolute Gasteiger partial charge is 0.408 e. The lowest BCUT2D eigenvalue weighted by atomic mass is 10.3. The summed E-state index contributed by atoms with van der Waals surface area (Å²) in [7, 11) is -1.76. The fourth-order valence-electron chi connectivity index (χ4n) is 4.05. The van der Waals surface area contributed by atoms with Crippen molar-refractivity contribution in [3.8, 4) is 0 Å². The van der Waals surface area contributed by atoms with Crippen LogP contribution < -0.4 is 10.6 Å². The number of benzene rings is 2. The fraction of sp³-hybridized carbons (Fsp3) is 0.318. The molecule has 9 nitrogen and oxygen atoms in total. The Kier molecular flexibility index (Phi) is 5.55. The predicted octanol–water partition coefficient (Wildman–Crippen LogP) is 2.45. The Balaban J connectivity index is 1.39. The van der Waals surface area contributed by atoms with Crippen molar-refractivity contribution >= 4 is 48.6 Å². The number of rotatable bonds is 5. The van der Waals surface area contributed by atoms with Gasteiger partial charge in [-0.2, -0.15) is 9.30 Å². The molecule has 0 saturated carbocycles. The molecule has 0 N–H and O–H groups in total. The maximum absolute atomic E-state index is 12.8. The summed E-state index contributed by atoms with van der Waals surface area (Å²) in [6, 6.07) is 12.2. The summed E-state index contributed by atoms with van der Waals surface area (Å²) in [5.74, 6) is -0.993. The average molecular weight is 487 g/mol. The normalized spacial score (nSPS) is 15.7. The summed E-state index contributed by atoms with van der Waals surface area (Å²) < 4.78 is 36.5.